The number of ether oxygens (including phenoxy) is 1. The van der Waals surface area contributed by atoms with Crippen LogP contribution in [0.3, 0.4) is 0 Å². The molecule has 1 aromatic rings. The number of carbonyl (C=O) groups is 2. The third-order valence-electron chi connectivity index (χ3n) is 2.73. The van der Waals surface area contributed by atoms with Crippen LogP contribution in [0.25, 0.3) is 0 Å². The van der Waals surface area contributed by atoms with Gasteiger partial charge in [0.1, 0.15) is 12.0 Å². The van der Waals surface area contributed by atoms with Crippen molar-refractivity contribution < 1.29 is 14.3 Å². The number of hydrogen-bond donors (Lipinski definition) is 0. The molecule has 0 aromatic heterocycles. The minimum absolute atomic E-state index is 0.179. The molecule has 0 unspecified atom stereocenters. The largest absolute Gasteiger partial charge is 0.494 e. The summed E-state index contributed by atoms with van der Waals surface area (Å²) >= 11 is 0. The van der Waals surface area contributed by atoms with Crippen LogP contribution in [-0.2, 0) is 4.79 Å². The van der Waals surface area contributed by atoms with Gasteiger partial charge >= 0.3 is 0 Å². The fourth-order valence-electron chi connectivity index (χ4n) is 1.66. The van der Waals surface area contributed by atoms with Crippen molar-refractivity contribution in [3.8, 4) is 5.75 Å². The van der Waals surface area contributed by atoms with Gasteiger partial charge in [-0.25, -0.2) is 0 Å². The number of rotatable bonds is 9. The minimum Gasteiger partial charge on any atom is -0.494 e. The summed E-state index contributed by atoms with van der Waals surface area (Å²) in [5, 5.41) is 0. The molecule has 1 aromatic carbocycles. The zero-order valence-corrected chi connectivity index (χ0v) is 11.3. The first kappa shape index (κ1) is 15.2. The molecule has 19 heavy (non-hydrogen) atoms. The van der Waals surface area contributed by atoms with Gasteiger partial charge < -0.3 is 4.74 Å². The number of benzene rings is 1. The van der Waals surface area contributed by atoms with Crippen LogP contribution >= 0.6 is 0 Å². The van der Waals surface area contributed by atoms with Crippen LogP contribution in [0.5, 0.6) is 5.75 Å². The first-order valence-electron chi connectivity index (χ1n) is 6.67. The highest BCUT2D eigenvalue weighted by Gasteiger charge is 2.01. The number of unbranched alkanes of at least 4 members (excludes halogenated alkanes) is 3. The summed E-state index contributed by atoms with van der Waals surface area (Å²) in [6.45, 7) is 2.88. The first-order valence-corrected chi connectivity index (χ1v) is 6.67. The topological polar surface area (TPSA) is 43.4 Å². The molecule has 0 heterocycles. The quantitative estimate of drug-likeness (QED) is 0.295. The second-order valence-corrected chi connectivity index (χ2v) is 4.29. The van der Waals surface area contributed by atoms with E-state index in [0.717, 1.165) is 12.2 Å². The number of aldehydes is 1. The Morgan fingerprint density at radius 1 is 1.16 bits per heavy atom. The SMILES string of the molecule is CCCCCCOc1ccc(C(=O)C=CC=O)cc1. The zero-order valence-electron chi connectivity index (χ0n) is 11.3. The van der Waals surface area contributed by atoms with Gasteiger partial charge in [0.2, 0.25) is 0 Å². The number of hydrogen-bond acceptors (Lipinski definition) is 3. The summed E-state index contributed by atoms with van der Waals surface area (Å²) in [5.41, 5.74) is 0.552. The second kappa shape index (κ2) is 9.09. The average Bonchev–Trinajstić information content (AvgIpc) is 2.45. The molecule has 0 bridgehead atoms. The smallest absolute Gasteiger partial charge is 0.185 e. The van der Waals surface area contributed by atoms with Gasteiger partial charge in [-0.1, -0.05) is 26.2 Å². The lowest BCUT2D eigenvalue weighted by Gasteiger charge is -2.06. The summed E-state index contributed by atoms with van der Waals surface area (Å²) < 4.78 is 5.58. The van der Waals surface area contributed by atoms with Gasteiger partial charge in [0.25, 0.3) is 0 Å². The van der Waals surface area contributed by atoms with Crippen LogP contribution in [0, 0.1) is 0 Å². The molecule has 0 N–H and O–H groups in total. The van der Waals surface area contributed by atoms with Gasteiger partial charge in [0.15, 0.2) is 5.78 Å². The molecule has 1 rings (SSSR count). The fourth-order valence-corrected chi connectivity index (χ4v) is 1.66. The Hall–Kier alpha value is -1.90. The monoisotopic (exact) mass is 260 g/mol. The zero-order chi connectivity index (χ0) is 13.9. The molecule has 0 amide bonds. The standard InChI is InChI=1S/C16H20O3/c1-2-3-4-5-13-19-15-10-8-14(9-11-15)16(18)7-6-12-17/h6-12H,2-5,13H2,1H3. The molecule has 0 spiro atoms. The maximum Gasteiger partial charge on any atom is 0.185 e. The molecule has 0 aliphatic carbocycles. The van der Waals surface area contributed by atoms with Crippen LogP contribution in [-0.4, -0.2) is 18.7 Å². The third kappa shape index (κ3) is 6.00. The lowest BCUT2D eigenvalue weighted by Crippen LogP contribution is -1.98. The van der Waals surface area contributed by atoms with Gasteiger partial charge in [0.05, 0.1) is 6.61 Å². The molecule has 102 valence electrons. The van der Waals surface area contributed by atoms with E-state index in [4.69, 9.17) is 4.74 Å². The summed E-state index contributed by atoms with van der Waals surface area (Å²) in [7, 11) is 0. The van der Waals surface area contributed by atoms with E-state index < -0.39 is 0 Å². The van der Waals surface area contributed by atoms with E-state index in [1.807, 2.05) is 0 Å². The highest BCUT2D eigenvalue weighted by molar-refractivity contribution is 6.05. The molecule has 3 nitrogen and oxygen atoms in total. The summed E-state index contributed by atoms with van der Waals surface area (Å²) in [4.78, 5) is 21.7. The molecule has 0 saturated heterocycles. The number of ketones is 1. The van der Waals surface area contributed by atoms with Crippen LogP contribution in [0.4, 0.5) is 0 Å². The molecule has 0 aliphatic heterocycles. The van der Waals surface area contributed by atoms with Gasteiger partial charge in [-0.2, -0.15) is 0 Å². The molecular formula is C16H20O3. The van der Waals surface area contributed by atoms with E-state index in [0.29, 0.717) is 18.5 Å². The summed E-state index contributed by atoms with van der Waals surface area (Å²) in [6.07, 6.45) is 7.73. The predicted octanol–water partition coefficient (Wildman–Crippen LogP) is 3.58. The Labute approximate surface area is 114 Å². The van der Waals surface area contributed by atoms with Crippen molar-refractivity contribution in [1.29, 1.82) is 0 Å². The van der Waals surface area contributed by atoms with Gasteiger partial charge in [-0.3, -0.25) is 9.59 Å². The van der Waals surface area contributed by atoms with Crippen molar-refractivity contribution in [2.45, 2.75) is 32.6 Å². The van der Waals surface area contributed by atoms with Crippen molar-refractivity contribution in [2.24, 2.45) is 0 Å². The van der Waals surface area contributed by atoms with Gasteiger partial charge in [-0.15, -0.1) is 0 Å². The second-order valence-electron chi connectivity index (χ2n) is 4.29. The Morgan fingerprint density at radius 2 is 1.89 bits per heavy atom. The highest BCUT2D eigenvalue weighted by Crippen LogP contribution is 2.13. The maximum absolute atomic E-state index is 11.6. The summed E-state index contributed by atoms with van der Waals surface area (Å²) in [5.74, 6) is 0.592. The molecule has 0 fully saturated rings. The third-order valence-corrected chi connectivity index (χ3v) is 2.73. The van der Waals surface area contributed by atoms with E-state index in [1.54, 1.807) is 24.3 Å². The fraction of sp³-hybridized carbons (Fsp3) is 0.375. The van der Waals surface area contributed by atoms with Crippen LogP contribution in [0.15, 0.2) is 36.4 Å². The Balaban J connectivity index is 2.41. The average molecular weight is 260 g/mol. The Kier molecular flexibility index (Phi) is 7.25. The minimum atomic E-state index is -0.179. The van der Waals surface area contributed by atoms with Crippen LogP contribution in [0.2, 0.25) is 0 Å². The number of allylic oxidation sites excluding steroid dienone is 2. The van der Waals surface area contributed by atoms with E-state index in [-0.39, 0.29) is 5.78 Å². The maximum atomic E-state index is 11.6. The van der Waals surface area contributed by atoms with Crippen molar-refractivity contribution >= 4 is 12.1 Å². The van der Waals surface area contributed by atoms with E-state index in [1.165, 1.54) is 31.4 Å². The van der Waals surface area contributed by atoms with Crippen molar-refractivity contribution in [3.05, 3.63) is 42.0 Å². The molecular weight excluding hydrogens is 240 g/mol. The molecule has 0 saturated carbocycles. The van der Waals surface area contributed by atoms with Crippen LogP contribution < -0.4 is 4.74 Å². The Bertz CT molecular complexity index is 418. The van der Waals surface area contributed by atoms with Gasteiger partial charge in [0, 0.05) is 5.56 Å². The van der Waals surface area contributed by atoms with Crippen molar-refractivity contribution in [2.75, 3.05) is 6.61 Å². The van der Waals surface area contributed by atoms with E-state index >= 15 is 0 Å². The van der Waals surface area contributed by atoms with Crippen molar-refractivity contribution in [3.63, 3.8) is 0 Å². The molecule has 0 radical (unpaired) electrons. The van der Waals surface area contributed by atoms with Crippen molar-refractivity contribution in [1.82, 2.24) is 0 Å². The van der Waals surface area contributed by atoms with E-state index in [2.05, 4.69) is 6.92 Å². The molecule has 0 atom stereocenters. The summed E-state index contributed by atoms with van der Waals surface area (Å²) in [6, 6.07) is 6.97. The lowest BCUT2D eigenvalue weighted by molar-refractivity contribution is -0.104. The molecule has 3 heteroatoms. The lowest BCUT2D eigenvalue weighted by atomic mass is 10.1. The number of carbonyl (C=O) groups excluding carboxylic acids is 2. The normalized spacial score (nSPS) is 10.6. The van der Waals surface area contributed by atoms with Gasteiger partial charge in [-0.05, 0) is 42.8 Å². The first-order chi connectivity index (χ1) is 9.27. The highest BCUT2D eigenvalue weighted by atomic mass is 16.5. The molecule has 0 aliphatic rings. The predicted molar refractivity (Wildman–Crippen MR) is 75.6 cm³/mol. The Morgan fingerprint density at radius 3 is 2.53 bits per heavy atom. The van der Waals surface area contributed by atoms with Crippen LogP contribution in [0.1, 0.15) is 43.0 Å². The van der Waals surface area contributed by atoms with E-state index in [9.17, 15) is 9.59 Å².